The summed E-state index contributed by atoms with van der Waals surface area (Å²) in [6.07, 6.45) is -0.0363. The van der Waals surface area contributed by atoms with Gasteiger partial charge in [0.15, 0.2) is 0 Å². The minimum absolute atomic E-state index is 0.0592. The van der Waals surface area contributed by atoms with Gasteiger partial charge in [-0.2, -0.15) is 13.2 Å². The molecule has 0 radical (unpaired) electrons. The maximum Gasteiger partial charge on any atom is 0.416 e. The third kappa shape index (κ3) is 6.93. The van der Waals surface area contributed by atoms with Gasteiger partial charge in [-0.25, -0.2) is 4.98 Å². The number of hydrogen-bond donors (Lipinski definition) is 2. The first-order valence-corrected chi connectivity index (χ1v) is 10.3. The summed E-state index contributed by atoms with van der Waals surface area (Å²) < 4.78 is 45.5. The number of rotatable bonds is 7. The molecule has 2 amide bonds. The van der Waals surface area contributed by atoms with E-state index in [1.54, 1.807) is 43.3 Å². The molecule has 1 heterocycles. The highest BCUT2D eigenvalue weighted by Gasteiger charge is 2.33. The van der Waals surface area contributed by atoms with Crippen LogP contribution in [0, 0.1) is 0 Å². The smallest absolute Gasteiger partial charge is 0.416 e. The summed E-state index contributed by atoms with van der Waals surface area (Å²) in [5.74, 6) is 0.447. The molecule has 9 heteroatoms. The van der Waals surface area contributed by atoms with Crippen molar-refractivity contribution in [2.24, 2.45) is 0 Å². The second kappa shape index (κ2) is 10.7. The summed E-state index contributed by atoms with van der Waals surface area (Å²) in [4.78, 5) is 27.4. The molecule has 176 valence electrons. The third-order valence-corrected chi connectivity index (χ3v) is 4.62. The summed E-state index contributed by atoms with van der Waals surface area (Å²) in [5, 5.41) is 5.02. The number of halogens is 3. The first-order chi connectivity index (χ1) is 16.1. The zero-order valence-corrected chi connectivity index (χ0v) is 18.4. The van der Waals surface area contributed by atoms with Crippen molar-refractivity contribution < 1.29 is 27.5 Å². The molecule has 0 aliphatic heterocycles. The van der Waals surface area contributed by atoms with E-state index in [0.29, 0.717) is 22.9 Å². The van der Waals surface area contributed by atoms with Gasteiger partial charge in [-0.3, -0.25) is 9.59 Å². The molecule has 0 spiro atoms. The van der Waals surface area contributed by atoms with Gasteiger partial charge in [0.25, 0.3) is 0 Å². The Bertz CT molecular complexity index is 1220. The van der Waals surface area contributed by atoms with Crippen LogP contribution < -0.4 is 15.4 Å². The fourth-order valence-electron chi connectivity index (χ4n) is 3.12. The van der Waals surface area contributed by atoms with E-state index in [2.05, 4.69) is 15.6 Å². The number of pyridine rings is 1. The SMILES string of the molecule is CCc1ccc(NC(=O)/C=C/c2cccc(Oc3ccnc(NC(C)=O)c3)c2)cc1C(F)(F)F. The monoisotopic (exact) mass is 469 g/mol. The molecule has 3 rings (SSSR count). The summed E-state index contributed by atoms with van der Waals surface area (Å²) in [7, 11) is 0. The van der Waals surface area contributed by atoms with Crippen molar-refractivity contribution in [3.05, 3.63) is 83.6 Å². The summed E-state index contributed by atoms with van der Waals surface area (Å²) in [5.41, 5.74) is 0.0978. The van der Waals surface area contributed by atoms with Crippen molar-refractivity contribution in [3.63, 3.8) is 0 Å². The topological polar surface area (TPSA) is 80.3 Å². The number of aromatic nitrogens is 1. The molecule has 3 aromatic rings. The second-order valence-corrected chi connectivity index (χ2v) is 7.28. The number of hydrogen-bond acceptors (Lipinski definition) is 4. The average Bonchev–Trinajstić information content (AvgIpc) is 2.77. The number of alkyl halides is 3. The molecule has 0 unspecified atom stereocenters. The molecular formula is C25H22F3N3O3. The quantitative estimate of drug-likeness (QED) is 0.412. The molecule has 2 aromatic carbocycles. The molecule has 0 saturated heterocycles. The maximum atomic E-state index is 13.2. The second-order valence-electron chi connectivity index (χ2n) is 7.28. The molecule has 1 aromatic heterocycles. The number of ether oxygens (including phenoxy) is 1. The summed E-state index contributed by atoms with van der Waals surface area (Å²) >= 11 is 0. The van der Waals surface area contributed by atoms with Gasteiger partial charge in [0, 0.05) is 31.0 Å². The van der Waals surface area contributed by atoms with Gasteiger partial charge in [0.1, 0.15) is 17.3 Å². The van der Waals surface area contributed by atoms with E-state index in [0.717, 1.165) is 6.07 Å². The molecule has 0 aliphatic rings. The fraction of sp³-hybridized carbons (Fsp3) is 0.160. The van der Waals surface area contributed by atoms with Gasteiger partial charge in [-0.15, -0.1) is 0 Å². The van der Waals surface area contributed by atoms with E-state index >= 15 is 0 Å². The van der Waals surface area contributed by atoms with Gasteiger partial charge >= 0.3 is 6.18 Å². The number of carbonyl (C=O) groups is 2. The Kier molecular flexibility index (Phi) is 7.68. The lowest BCUT2D eigenvalue weighted by atomic mass is 10.0. The number of anilines is 2. The fourth-order valence-corrected chi connectivity index (χ4v) is 3.12. The Morgan fingerprint density at radius 3 is 2.50 bits per heavy atom. The lowest BCUT2D eigenvalue weighted by molar-refractivity contribution is -0.138. The average molecular weight is 469 g/mol. The van der Waals surface area contributed by atoms with Crippen LogP contribution >= 0.6 is 0 Å². The van der Waals surface area contributed by atoms with Gasteiger partial charge in [0.05, 0.1) is 5.56 Å². The summed E-state index contributed by atoms with van der Waals surface area (Å²) in [6.45, 7) is 3.01. The highest BCUT2D eigenvalue weighted by Crippen LogP contribution is 2.34. The van der Waals surface area contributed by atoms with Crippen molar-refractivity contribution in [2.45, 2.75) is 26.4 Å². The molecule has 0 fully saturated rings. The summed E-state index contributed by atoms with van der Waals surface area (Å²) in [6, 6.07) is 13.8. The Morgan fingerprint density at radius 1 is 1.03 bits per heavy atom. The lowest BCUT2D eigenvalue weighted by Crippen LogP contribution is -2.12. The van der Waals surface area contributed by atoms with Crippen molar-refractivity contribution >= 4 is 29.4 Å². The van der Waals surface area contributed by atoms with Crippen molar-refractivity contribution in [2.75, 3.05) is 10.6 Å². The first kappa shape index (κ1) is 24.5. The van der Waals surface area contributed by atoms with Crippen LogP contribution in [0.1, 0.15) is 30.5 Å². The molecule has 0 saturated carbocycles. The van der Waals surface area contributed by atoms with Crippen LogP contribution in [0.15, 0.2) is 66.9 Å². The van der Waals surface area contributed by atoms with Gasteiger partial charge < -0.3 is 15.4 Å². The Hall–Kier alpha value is -4.14. The van der Waals surface area contributed by atoms with E-state index in [-0.39, 0.29) is 23.6 Å². The van der Waals surface area contributed by atoms with Crippen LogP contribution in [-0.2, 0) is 22.2 Å². The predicted molar refractivity (Wildman–Crippen MR) is 124 cm³/mol. The zero-order chi connectivity index (χ0) is 24.7. The van der Waals surface area contributed by atoms with E-state index in [9.17, 15) is 22.8 Å². The lowest BCUT2D eigenvalue weighted by Gasteiger charge is -2.13. The molecule has 0 aliphatic carbocycles. The predicted octanol–water partition coefficient (Wildman–Crippen LogP) is 6.07. The zero-order valence-electron chi connectivity index (χ0n) is 18.4. The standard InChI is InChI=1S/C25H22F3N3O3/c1-3-18-8-9-19(14-22(18)25(26,27)28)31-24(33)10-7-17-5-4-6-20(13-17)34-21-11-12-29-23(15-21)30-16(2)32/h4-15H,3H2,1-2H3,(H,31,33)(H,29,30,32)/b10-7+. The van der Waals surface area contributed by atoms with E-state index < -0.39 is 17.6 Å². The Labute approximate surface area is 194 Å². The van der Waals surface area contributed by atoms with Crippen LogP contribution in [-0.4, -0.2) is 16.8 Å². The molecule has 2 N–H and O–H groups in total. The van der Waals surface area contributed by atoms with Crippen LogP contribution in [0.5, 0.6) is 11.5 Å². The van der Waals surface area contributed by atoms with E-state index in [1.807, 2.05) is 0 Å². The van der Waals surface area contributed by atoms with Crippen molar-refractivity contribution in [3.8, 4) is 11.5 Å². The number of carbonyl (C=O) groups excluding carboxylic acids is 2. The third-order valence-electron chi connectivity index (χ3n) is 4.62. The normalized spacial score (nSPS) is 11.3. The number of aryl methyl sites for hydroxylation is 1. The first-order valence-electron chi connectivity index (χ1n) is 10.3. The van der Waals surface area contributed by atoms with Gasteiger partial charge in [0.2, 0.25) is 11.8 Å². The van der Waals surface area contributed by atoms with Crippen LogP contribution in [0.2, 0.25) is 0 Å². The number of amides is 2. The molecular weight excluding hydrogens is 447 g/mol. The Balaban J connectivity index is 1.68. The van der Waals surface area contributed by atoms with Crippen molar-refractivity contribution in [1.82, 2.24) is 4.98 Å². The molecule has 0 atom stereocenters. The molecule has 34 heavy (non-hydrogen) atoms. The largest absolute Gasteiger partial charge is 0.457 e. The minimum atomic E-state index is -4.50. The van der Waals surface area contributed by atoms with Crippen LogP contribution in [0.3, 0.4) is 0 Å². The Morgan fingerprint density at radius 2 is 1.79 bits per heavy atom. The van der Waals surface area contributed by atoms with Crippen LogP contribution in [0.25, 0.3) is 6.08 Å². The van der Waals surface area contributed by atoms with E-state index in [1.165, 1.54) is 37.4 Å². The molecule has 0 bridgehead atoms. The number of nitrogens with zero attached hydrogens (tertiary/aromatic N) is 1. The maximum absolute atomic E-state index is 13.2. The van der Waals surface area contributed by atoms with Crippen LogP contribution in [0.4, 0.5) is 24.7 Å². The van der Waals surface area contributed by atoms with E-state index in [4.69, 9.17) is 4.74 Å². The number of nitrogens with one attached hydrogen (secondary N) is 2. The van der Waals surface area contributed by atoms with Gasteiger partial charge in [-0.05, 0) is 54.0 Å². The highest BCUT2D eigenvalue weighted by molar-refractivity contribution is 6.02. The number of benzene rings is 2. The minimum Gasteiger partial charge on any atom is -0.457 e. The highest BCUT2D eigenvalue weighted by atomic mass is 19.4. The van der Waals surface area contributed by atoms with Crippen molar-refractivity contribution in [1.29, 1.82) is 0 Å². The van der Waals surface area contributed by atoms with Gasteiger partial charge in [-0.1, -0.05) is 25.1 Å². The molecule has 6 nitrogen and oxygen atoms in total.